The minimum absolute atomic E-state index is 0.183. The molecule has 0 radical (unpaired) electrons. The predicted molar refractivity (Wildman–Crippen MR) is 86.3 cm³/mol. The van der Waals surface area contributed by atoms with E-state index in [2.05, 4.69) is 29.4 Å². The fourth-order valence-electron chi connectivity index (χ4n) is 2.47. The van der Waals surface area contributed by atoms with E-state index in [1.807, 2.05) is 25.4 Å². The minimum Gasteiger partial charge on any atom is -0.312 e. The molecule has 4 heteroatoms. The predicted octanol–water partition coefficient (Wildman–Crippen LogP) is 4.25. The molecule has 1 atom stereocenters. The van der Waals surface area contributed by atoms with Gasteiger partial charge in [-0.15, -0.1) is 11.3 Å². The highest BCUT2D eigenvalue weighted by Crippen LogP contribution is 2.32. The molecule has 2 aromatic heterocycles. The minimum atomic E-state index is -0.183. The summed E-state index contributed by atoms with van der Waals surface area (Å²) in [5.41, 5.74) is 2.30. The van der Waals surface area contributed by atoms with E-state index >= 15 is 0 Å². The zero-order valence-corrected chi connectivity index (χ0v) is 12.9. The van der Waals surface area contributed by atoms with E-state index < -0.39 is 0 Å². The zero-order valence-electron chi connectivity index (χ0n) is 12.1. The Balaban J connectivity index is 1.93. The molecule has 2 heterocycles. The number of hydrogen-bond donors (Lipinski definition) is 1. The third kappa shape index (κ3) is 2.96. The Hall–Kier alpha value is -1.78. The number of hydrogen-bond acceptors (Lipinski definition) is 3. The van der Waals surface area contributed by atoms with E-state index in [9.17, 15) is 4.39 Å². The Bertz CT molecular complexity index is 766. The second-order valence-electron chi connectivity index (χ2n) is 5.14. The van der Waals surface area contributed by atoms with Crippen LogP contribution in [0.1, 0.15) is 22.2 Å². The van der Waals surface area contributed by atoms with Crippen molar-refractivity contribution in [2.75, 3.05) is 7.05 Å². The molecule has 108 valence electrons. The van der Waals surface area contributed by atoms with Crippen molar-refractivity contribution in [3.05, 3.63) is 64.5 Å². The molecule has 0 saturated carbocycles. The van der Waals surface area contributed by atoms with Crippen LogP contribution < -0.4 is 5.32 Å². The van der Waals surface area contributed by atoms with Gasteiger partial charge >= 0.3 is 0 Å². The molecule has 0 amide bonds. The Kier molecular flexibility index (Phi) is 3.99. The molecule has 0 fully saturated rings. The largest absolute Gasteiger partial charge is 0.312 e. The molecule has 0 aliphatic heterocycles. The Morgan fingerprint density at radius 1 is 1.29 bits per heavy atom. The van der Waals surface area contributed by atoms with Gasteiger partial charge in [-0.05, 0) is 49.2 Å². The Morgan fingerprint density at radius 3 is 2.90 bits per heavy atom. The number of aryl methyl sites for hydroxylation is 1. The molecule has 21 heavy (non-hydrogen) atoms. The molecular weight excluding hydrogens is 283 g/mol. The van der Waals surface area contributed by atoms with Crippen molar-refractivity contribution in [3.8, 4) is 0 Å². The van der Waals surface area contributed by atoms with Crippen LogP contribution >= 0.6 is 11.3 Å². The summed E-state index contributed by atoms with van der Waals surface area (Å²) >= 11 is 1.64. The first kappa shape index (κ1) is 14.2. The number of benzene rings is 1. The first-order valence-corrected chi connectivity index (χ1v) is 7.76. The van der Waals surface area contributed by atoms with Gasteiger partial charge in [0.1, 0.15) is 5.82 Å². The van der Waals surface area contributed by atoms with Crippen LogP contribution in [0.4, 0.5) is 4.39 Å². The van der Waals surface area contributed by atoms with Crippen molar-refractivity contribution in [1.82, 2.24) is 10.3 Å². The maximum Gasteiger partial charge on any atom is 0.124 e. The van der Waals surface area contributed by atoms with E-state index in [1.165, 1.54) is 16.5 Å². The fraction of sp³-hybridized carbons (Fsp3) is 0.235. The van der Waals surface area contributed by atoms with Crippen LogP contribution in [-0.2, 0) is 6.42 Å². The number of thiophene rings is 1. The van der Waals surface area contributed by atoms with Crippen LogP contribution in [0.3, 0.4) is 0 Å². The van der Waals surface area contributed by atoms with E-state index in [-0.39, 0.29) is 11.9 Å². The molecule has 0 spiro atoms. The second-order valence-corrected chi connectivity index (χ2v) is 6.26. The zero-order chi connectivity index (χ0) is 14.8. The maximum atomic E-state index is 13.3. The highest BCUT2D eigenvalue weighted by molar-refractivity contribution is 7.19. The van der Waals surface area contributed by atoms with Gasteiger partial charge in [-0.2, -0.15) is 0 Å². The lowest BCUT2D eigenvalue weighted by molar-refractivity contribution is 0.592. The van der Waals surface area contributed by atoms with Gasteiger partial charge in [0, 0.05) is 33.9 Å². The molecule has 0 bridgehead atoms. The summed E-state index contributed by atoms with van der Waals surface area (Å²) < 4.78 is 14.3. The van der Waals surface area contributed by atoms with E-state index in [0.717, 1.165) is 22.2 Å². The van der Waals surface area contributed by atoms with Gasteiger partial charge in [0.2, 0.25) is 0 Å². The summed E-state index contributed by atoms with van der Waals surface area (Å²) in [4.78, 5) is 5.68. The molecular formula is C17H17FN2S. The highest BCUT2D eigenvalue weighted by Gasteiger charge is 2.15. The van der Waals surface area contributed by atoms with Crippen LogP contribution in [0.2, 0.25) is 0 Å². The van der Waals surface area contributed by atoms with Crippen molar-refractivity contribution in [2.45, 2.75) is 19.4 Å². The summed E-state index contributed by atoms with van der Waals surface area (Å²) in [7, 11) is 1.95. The van der Waals surface area contributed by atoms with Gasteiger partial charge in [0.15, 0.2) is 0 Å². The summed E-state index contributed by atoms with van der Waals surface area (Å²) in [6.07, 6.45) is 2.66. The Morgan fingerprint density at radius 2 is 2.14 bits per heavy atom. The molecule has 2 nitrogen and oxygen atoms in total. The number of likely N-dealkylation sites (N-methyl/N-ethyl adjacent to an activating group) is 1. The molecule has 1 N–H and O–H groups in total. The summed E-state index contributed by atoms with van der Waals surface area (Å²) in [6.45, 7) is 2.08. The topological polar surface area (TPSA) is 24.9 Å². The quantitative estimate of drug-likeness (QED) is 0.779. The van der Waals surface area contributed by atoms with Gasteiger partial charge < -0.3 is 5.32 Å². The van der Waals surface area contributed by atoms with Crippen molar-refractivity contribution in [3.63, 3.8) is 0 Å². The standard InChI is InChI=1S/C17H17FN2S/c1-11-4-3-7-20-14(11)10-15(19-2)17-8-12-5-6-13(18)9-16(12)21-17/h3-9,15,19H,10H2,1-2H3. The van der Waals surface area contributed by atoms with Crippen LogP contribution in [0, 0.1) is 12.7 Å². The highest BCUT2D eigenvalue weighted by atomic mass is 32.1. The number of halogens is 1. The number of nitrogens with one attached hydrogen (secondary N) is 1. The van der Waals surface area contributed by atoms with Crippen LogP contribution in [0.25, 0.3) is 10.1 Å². The molecule has 0 aliphatic rings. The lowest BCUT2D eigenvalue weighted by Crippen LogP contribution is -2.18. The number of rotatable bonds is 4. The Labute approximate surface area is 127 Å². The summed E-state index contributed by atoms with van der Waals surface area (Å²) in [6, 6.07) is 11.3. The van der Waals surface area contributed by atoms with Gasteiger partial charge in [-0.1, -0.05) is 12.1 Å². The van der Waals surface area contributed by atoms with E-state index in [4.69, 9.17) is 0 Å². The van der Waals surface area contributed by atoms with Gasteiger partial charge in [-0.25, -0.2) is 4.39 Å². The lowest BCUT2D eigenvalue weighted by Gasteiger charge is -2.15. The number of aromatic nitrogens is 1. The van der Waals surface area contributed by atoms with E-state index in [0.29, 0.717) is 0 Å². The van der Waals surface area contributed by atoms with Crippen molar-refractivity contribution >= 4 is 21.4 Å². The first-order valence-electron chi connectivity index (χ1n) is 6.94. The molecule has 0 saturated heterocycles. The number of nitrogens with zero attached hydrogens (tertiary/aromatic N) is 1. The molecule has 0 aliphatic carbocycles. The fourth-order valence-corrected chi connectivity index (χ4v) is 3.67. The number of fused-ring (bicyclic) bond motifs is 1. The van der Waals surface area contributed by atoms with Crippen molar-refractivity contribution in [1.29, 1.82) is 0 Å². The third-order valence-electron chi connectivity index (χ3n) is 3.71. The molecule has 3 rings (SSSR count). The lowest BCUT2D eigenvalue weighted by atomic mass is 10.1. The summed E-state index contributed by atoms with van der Waals surface area (Å²) in [5, 5.41) is 4.44. The second kappa shape index (κ2) is 5.92. The summed E-state index contributed by atoms with van der Waals surface area (Å²) in [5.74, 6) is -0.183. The average molecular weight is 300 g/mol. The van der Waals surface area contributed by atoms with E-state index in [1.54, 1.807) is 17.4 Å². The van der Waals surface area contributed by atoms with Gasteiger partial charge in [-0.3, -0.25) is 4.98 Å². The van der Waals surface area contributed by atoms with Gasteiger partial charge in [0.05, 0.1) is 0 Å². The SMILES string of the molecule is CNC(Cc1ncccc1C)c1cc2ccc(F)cc2s1. The van der Waals surface area contributed by atoms with Crippen LogP contribution in [-0.4, -0.2) is 12.0 Å². The monoisotopic (exact) mass is 300 g/mol. The number of pyridine rings is 1. The average Bonchev–Trinajstić information content (AvgIpc) is 2.89. The maximum absolute atomic E-state index is 13.3. The van der Waals surface area contributed by atoms with Gasteiger partial charge in [0.25, 0.3) is 0 Å². The molecule has 1 aromatic carbocycles. The molecule has 3 aromatic rings. The van der Waals surface area contributed by atoms with Crippen LogP contribution in [0.5, 0.6) is 0 Å². The smallest absolute Gasteiger partial charge is 0.124 e. The van der Waals surface area contributed by atoms with Crippen LogP contribution in [0.15, 0.2) is 42.6 Å². The third-order valence-corrected chi connectivity index (χ3v) is 4.92. The molecule has 1 unspecified atom stereocenters. The van der Waals surface area contributed by atoms with Crippen molar-refractivity contribution in [2.24, 2.45) is 0 Å². The first-order chi connectivity index (χ1) is 10.2. The normalized spacial score (nSPS) is 12.7. The van der Waals surface area contributed by atoms with Crippen molar-refractivity contribution < 1.29 is 4.39 Å².